The second-order valence-corrected chi connectivity index (χ2v) is 6.36. The molecule has 1 aromatic heterocycles. The highest BCUT2D eigenvalue weighted by Crippen LogP contribution is 2.29. The number of ether oxygens (including phenoxy) is 1. The Morgan fingerprint density at radius 1 is 1.36 bits per heavy atom. The van der Waals surface area contributed by atoms with Crippen LogP contribution in [0.25, 0.3) is 0 Å². The van der Waals surface area contributed by atoms with E-state index >= 15 is 0 Å². The number of aromatic nitrogens is 1. The van der Waals surface area contributed by atoms with E-state index in [2.05, 4.69) is 4.98 Å². The van der Waals surface area contributed by atoms with E-state index in [1.54, 1.807) is 12.4 Å². The summed E-state index contributed by atoms with van der Waals surface area (Å²) in [5, 5.41) is 9.55. The molecule has 0 radical (unpaired) electrons. The average molecular weight is 365 g/mol. The van der Waals surface area contributed by atoms with Crippen molar-refractivity contribution in [1.82, 2.24) is 9.88 Å². The lowest BCUT2D eigenvalue weighted by atomic mass is 10.0. The molecule has 0 bridgehead atoms. The van der Waals surface area contributed by atoms with E-state index in [1.807, 2.05) is 17.0 Å². The molecule has 0 amide bonds. The summed E-state index contributed by atoms with van der Waals surface area (Å²) in [6.45, 7) is 1.13. The van der Waals surface area contributed by atoms with E-state index in [-0.39, 0.29) is 11.1 Å². The molecule has 5 nitrogen and oxygen atoms in total. The van der Waals surface area contributed by atoms with Crippen molar-refractivity contribution < 1.29 is 19.0 Å². The minimum absolute atomic E-state index is 0.0201. The molecule has 3 rings (SSSR count). The zero-order chi connectivity index (χ0) is 17.8. The Labute approximate surface area is 150 Å². The molecule has 2 heterocycles. The maximum absolute atomic E-state index is 13.3. The Morgan fingerprint density at radius 3 is 2.72 bits per heavy atom. The van der Waals surface area contributed by atoms with Gasteiger partial charge in [-0.05, 0) is 42.7 Å². The first-order valence-corrected chi connectivity index (χ1v) is 8.41. The number of benzene rings is 1. The van der Waals surface area contributed by atoms with Crippen LogP contribution in [0.15, 0.2) is 42.7 Å². The van der Waals surface area contributed by atoms with Gasteiger partial charge in [-0.3, -0.25) is 14.7 Å². The molecule has 1 aliphatic heterocycles. The number of hydrogen-bond donors (Lipinski definition) is 1. The first kappa shape index (κ1) is 17.6. The Hall–Kier alpha value is -2.18. The molecule has 1 N–H and O–H groups in total. The van der Waals surface area contributed by atoms with Crippen molar-refractivity contribution in [3.05, 3.63) is 59.1 Å². The van der Waals surface area contributed by atoms with E-state index in [0.717, 1.165) is 0 Å². The first-order chi connectivity index (χ1) is 12.0. The standard InChI is InChI=1S/C18H18ClFN2O3/c19-15-10-12(3-4-16(15)20)17(18(23)24)22-8-5-13(6-9-22)25-14-2-1-7-21-11-14/h1-4,7,10-11,13,17H,5-6,8-9H2,(H,23,24)/t17-/m0/s1. The van der Waals surface area contributed by atoms with Gasteiger partial charge in [-0.15, -0.1) is 0 Å². The van der Waals surface area contributed by atoms with Gasteiger partial charge in [0.1, 0.15) is 23.7 Å². The van der Waals surface area contributed by atoms with Crippen LogP contribution >= 0.6 is 11.6 Å². The SMILES string of the molecule is O=C(O)[C@H](c1ccc(F)c(Cl)c1)N1CCC(Oc2cccnc2)CC1. The number of carboxylic acid groups (broad SMARTS) is 1. The number of likely N-dealkylation sites (tertiary alicyclic amines) is 1. The third-order valence-electron chi connectivity index (χ3n) is 4.27. The Morgan fingerprint density at radius 2 is 2.12 bits per heavy atom. The van der Waals surface area contributed by atoms with Crippen LogP contribution in [-0.4, -0.2) is 40.2 Å². The summed E-state index contributed by atoms with van der Waals surface area (Å²) >= 11 is 5.80. The quantitative estimate of drug-likeness (QED) is 0.879. The van der Waals surface area contributed by atoms with Gasteiger partial charge in [0.05, 0.1) is 11.2 Å². The van der Waals surface area contributed by atoms with Crippen molar-refractivity contribution in [1.29, 1.82) is 0 Å². The number of aliphatic carboxylic acids is 1. The molecule has 25 heavy (non-hydrogen) atoms. The lowest BCUT2D eigenvalue weighted by molar-refractivity contribution is -0.144. The Kier molecular flexibility index (Phi) is 5.50. The highest BCUT2D eigenvalue weighted by molar-refractivity contribution is 6.30. The summed E-state index contributed by atoms with van der Waals surface area (Å²) in [4.78, 5) is 17.6. The van der Waals surface area contributed by atoms with Crippen LogP contribution in [0.5, 0.6) is 5.75 Å². The van der Waals surface area contributed by atoms with Crippen LogP contribution in [0.3, 0.4) is 0 Å². The van der Waals surface area contributed by atoms with Crippen molar-refractivity contribution in [2.45, 2.75) is 25.0 Å². The van der Waals surface area contributed by atoms with Crippen LogP contribution in [0.1, 0.15) is 24.4 Å². The number of carboxylic acids is 1. The predicted molar refractivity (Wildman–Crippen MR) is 91.2 cm³/mol. The molecule has 1 saturated heterocycles. The zero-order valence-corrected chi connectivity index (χ0v) is 14.2. The summed E-state index contributed by atoms with van der Waals surface area (Å²) in [5.74, 6) is -0.825. The van der Waals surface area contributed by atoms with E-state index in [4.69, 9.17) is 16.3 Å². The molecule has 0 saturated carbocycles. The number of carbonyl (C=O) groups is 1. The fraction of sp³-hybridized carbons (Fsp3) is 0.333. The van der Waals surface area contributed by atoms with Gasteiger partial charge in [-0.2, -0.15) is 0 Å². The lowest BCUT2D eigenvalue weighted by Crippen LogP contribution is -2.43. The summed E-state index contributed by atoms with van der Waals surface area (Å²) in [7, 11) is 0. The molecule has 1 atom stereocenters. The van der Waals surface area contributed by atoms with Crippen LogP contribution in [0, 0.1) is 5.82 Å². The van der Waals surface area contributed by atoms with Gasteiger partial charge in [0, 0.05) is 19.3 Å². The van der Waals surface area contributed by atoms with Crippen molar-refractivity contribution in [2.75, 3.05) is 13.1 Å². The summed E-state index contributed by atoms with van der Waals surface area (Å²) < 4.78 is 19.2. The Balaban J connectivity index is 1.66. The van der Waals surface area contributed by atoms with Crippen LogP contribution in [0.2, 0.25) is 5.02 Å². The second-order valence-electron chi connectivity index (χ2n) is 5.96. The number of pyridine rings is 1. The van der Waals surface area contributed by atoms with Crippen molar-refractivity contribution in [3.63, 3.8) is 0 Å². The number of nitrogens with zero attached hydrogens (tertiary/aromatic N) is 2. The van der Waals surface area contributed by atoms with Gasteiger partial charge in [0.15, 0.2) is 0 Å². The number of piperidine rings is 1. The monoisotopic (exact) mass is 364 g/mol. The smallest absolute Gasteiger partial charge is 0.325 e. The van der Waals surface area contributed by atoms with Gasteiger partial charge in [0.25, 0.3) is 0 Å². The molecule has 1 aliphatic rings. The minimum atomic E-state index is -0.977. The van der Waals surface area contributed by atoms with E-state index in [9.17, 15) is 14.3 Å². The van der Waals surface area contributed by atoms with Gasteiger partial charge < -0.3 is 9.84 Å². The zero-order valence-electron chi connectivity index (χ0n) is 13.4. The van der Waals surface area contributed by atoms with Gasteiger partial charge in [-0.1, -0.05) is 17.7 Å². The van der Waals surface area contributed by atoms with E-state index < -0.39 is 17.8 Å². The third kappa shape index (κ3) is 4.27. The highest BCUT2D eigenvalue weighted by Gasteiger charge is 2.32. The number of halogens is 2. The van der Waals surface area contributed by atoms with Crippen molar-refractivity contribution in [3.8, 4) is 5.75 Å². The fourth-order valence-corrected chi connectivity index (χ4v) is 3.24. The predicted octanol–water partition coefficient (Wildman–Crippen LogP) is 3.54. The fourth-order valence-electron chi connectivity index (χ4n) is 3.05. The molecule has 132 valence electrons. The molecule has 1 fully saturated rings. The van der Waals surface area contributed by atoms with Gasteiger partial charge in [0.2, 0.25) is 0 Å². The molecule has 0 spiro atoms. The molecule has 0 aliphatic carbocycles. The third-order valence-corrected chi connectivity index (χ3v) is 4.56. The molecular formula is C18H18ClFN2O3. The van der Waals surface area contributed by atoms with Gasteiger partial charge >= 0.3 is 5.97 Å². The maximum atomic E-state index is 13.3. The summed E-state index contributed by atoms with van der Waals surface area (Å²) in [6, 6.07) is 6.86. The molecule has 7 heteroatoms. The highest BCUT2D eigenvalue weighted by atomic mass is 35.5. The van der Waals surface area contributed by atoms with E-state index in [0.29, 0.717) is 37.2 Å². The van der Waals surface area contributed by atoms with Crippen LogP contribution < -0.4 is 4.74 Å². The Bertz CT molecular complexity index is 736. The minimum Gasteiger partial charge on any atom is -0.489 e. The van der Waals surface area contributed by atoms with Crippen LogP contribution in [-0.2, 0) is 4.79 Å². The molecule has 0 unspecified atom stereocenters. The lowest BCUT2D eigenvalue weighted by Gasteiger charge is -2.35. The van der Waals surface area contributed by atoms with Gasteiger partial charge in [-0.25, -0.2) is 4.39 Å². The summed E-state index contributed by atoms with van der Waals surface area (Å²) in [5.41, 5.74) is 0.477. The van der Waals surface area contributed by atoms with Crippen molar-refractivity contribution in [2.24, 2.45) is 0 Å². The molecular weight excluding hydrogens is 347 g/mol. The topological polar surface area (TPSA) is 62.7 Å². The number of hydrogen-bond acceptors (Lipinski definition) is 4. The second kappa shape index (κ2) is 7.80. The summed E-state index contributed by atoms with van der Waals surface area (Å²) in [6.07, 6.45) is 4.77. The van der Waals surface area contributed by atoms with E-state index in [1.165, 1.54) is 18.2 Å². The first-order valence-electron chi connectivity index (χ1n) is 8.03. The largest absolute Gasteiger partial charge is 0.489 e. The maximum Gasteiger partial charge on any atom is 0.325 e. The van der Waals surface area contributed by atoms with Crippen LogP contribution in [0.4, 0.5) is 4.39 Å². The average Bonchev–Trinajstić information content (AvgIpc) is 2.60. The molecule has 1 aromatic carbocycles. The van der Waals surface area contributed by atoms with Crippen molar-refractivity contribution >= 4 is 17.6 Å². The molecule has 2 aromatic rings. The number of rotatable bonds is 5. The normalized spacial score (nSPS) is 17.2.